The molecule has 0 aliphatic carbocycles. The number of sulfonamides is 2. The molecule has 4 rings (SSSR count). The van der Waals surface area contributed by atoms with Gasteiger partial charge in [-0.3, -0.25) is 4.79 Å². The summed E-state index contributed by atoms with van der Waals surface area (Å²) in [6.45, 7) is -0.417. The summed E-state index contributed by atoms with van der Waals surface area (Å²) in [6.07, 6.45) is 0. The summed E-state index contributed by atoms with van der Waals surface area (Å²) in [5, 5.41) is 11.6. The second-order valence-electron chi connectivity index (χ2n) is 9.69. The Morgan fingerprint density at radius 1 is 0.800 bits per heavy atom. The average Bonchev–Trinajstić information content (AvgIpc) is 3.00. The second kappa shape index (κ2) is 13.8. The van der Waals surface area contributed by atoms with Crippen LogP contribution in [0, 0.1) is 0 Å². The highest BCUT2D eigenvalue weighted by Crippen LogP contribution is 2.49. The minimum atomic E-state index is -4.59. The molecule has 0 bridgehead atoms. The van der Waals surface area contributed by atoms with Gasteiger partial charge < -0.3 is 16.0 Å². The molecule has 236 valence electrons. The Morgan fingerprint density at radius 2 is 1.22 bits per heavy atom. The molecule has 0 aromatic heterocycles. The molecule has 4 aromatic rings. The van der Waals surface area contributed by atoms with Crippen molar-refractivity contribution in [3.8, 4) is 0 Å². The van der Waals surface area contributed by atoms with Gasteiger partial charge in [0.2, 0.25) is 31.9 Å². The number of rotatable bonds is 10. The molecule has 1 amide bonds. The van der Waals surface area contributed by atoms with E-state index in [0.29, 0.717) is 6.07 Å². The van der Waals surface area contributed by atoms with Gasteiger partial charge in [0, 0.05) is 7.05 Å². The number of halogens is 2. The Hall–Kier alpha value is -3.63. The SMILES string of the molecule is CN(CC(=O)Nc1c(S(N)(=O)=O)cc(S(N)(=O)=O)c(Cl)c1Cl)/C(N)=N/SC(c1ccccc1)(c1ccccc1)c1ccccc1. The largest absolute Gasteiger partial charge is 0.369 e. The Labute approximate surface area is 275 Å². The van der Waals surface area contributed by atoms with Gasteiger partial charge in [-0.15, -0.1) is 0 Å². The minimum absolute atomic E-state index is 0.0253. The van der Waals surface area contributed by atoms with Crippen LogP contribution in [0.1, 0.15) is 16.7 Å². The van der Waals surface area contributed by atoms with Crippen LogP contribution in [-0.4, -0.2) is 47.2 Å². The zero-order valence-electron chi connectivity index (χ0n) is 23.6. The highest BCUT2D eigenvalue weighted by atomic mass is 35.5. The fourth-order valence-corrected chi connectivity index (χ4v) is 7.82. The van der Waals surface area contributed by atoms with E-state index in [-0.39, 0.29) is 5.96 Å². The predicted octanol–water partition coefficient (Wildman–Crippen LogP) is 4.11. The maximum absolute atomic E-state index is 13.1. The number of primary sulfonamides is 2. The number of amides is 1. The van der Waals surface area contributed by atoms with Gasteiger partial charge in [0.25, 0.3) is 0 Å². The summed E-state index contributed by atoms with van der Waals surface area (Å²) in [7, 11) is -7.57. The van der Waals surface area contributed by atoms with Gasteiger partial charge in [-0.1, -0.05) is 114 Å². The third-order valence-corrected chi connectivity index (χ3v) is 10.7. The normalized spacial score (nSPS) is 12.5. The van der Waals surface area contributed by atoms with Crippen molar-refractivity contribution in [2.45, 2.75) is 14.5 Å². The van der Waals surface area contributed by atoms with E-state index in [1.54, 1.807) is 0 Å². The monoisotopic (exact) mass is 706 g/mol. The lowest BCUT2D eigenvalue weighted by Gasteiger charge is -2.33. The van der Waals surface area contributed by atoms with Gasteiger partial charge in [-0.2, -0.15) is 4.40 Å². The number of likely N-dealkylation sites (N-methyl/N-ethyl adjacent to an activating group) is 1. The molecule has 0 heterocycles. The predicted molar refractivity (Wildman–Crippen MR) is 179 cm³/mol. The van der Waals surface area contributed by atoms with Crippen molar-refractivity contribution in [3.63, 3.8) is 0 Å². The highest BCUT2D eigenvalue weighted by molar-refractivity contribution is 7.99. The minimum Gasteiger partial charge on any atom is -0.369 e. The van der Waals surface area contributed by atoms with E-state index in [9.17, 15) is 21.6 Å². The highest BCUT2D eigenvalue weighted by Gasteiger charge is 2.38. The first kappa shape index (κ1) is 34.2. The molecule has 0 aliphatic heterocycles. The van der Waals surface area contributed by atoms with Crippen LogP contribution in [0.25, 0.3) is 0 Å². The standard InChI is InChI=1S/C29H28Cl2N6O5S3/c1-37(18-24(38)35-27-23(45(34,41)42)17-22(44(33,39)40)25(30)26(27)31)28(32)36-43-29(19-11-5-2-6-12-19,20-13-7-3-8-14-20)21-15-9-4-10-16-21/h2-17H,18H2,1H3,(H2,32,36)(H,35,38)(H2,33,39,40)(H2,34,41,42). The van der Waals surface area contributed by atoms with Crippen molar-refractivity contribution in [2.24, 2.45) is 20.4 Å². The first-order chi connectivity index (χ1) is 21.2. The molecule has 16 heteroatoms. The third-order valence-electron chi connectivity index (χ3n) is 6.60. The van der Waals surface area contributed by atoms with Crippen molar-refractivity contribution >= 4 is 72.8 Å². The van der Waals surface area contributed by atoms with Crippen LogP contribution < -0.4 is 21.3 Å². The Morgan fingerprint density at radius 3 is 1.62 bits per heavy atom. The van der Waals surface area contributed by atoms with Crippen LogP contribution in [0.3, 0.4) is 0 Å². The molecule has 0 unspecified atom stereocenters. The van der Waals surface area contributed by atoms with E-state index < -0.39 is 62.8 Å². The lowest BCUT2D eigenvalue weighted by molar-refractivity contribution is -0.116. The maximum atomic E-state index is 13.1. The number of benzene rings is 4. The van der Waals surface area contributed by atoms with E-state index in [1.807, 2.05) is 91.0 Å². The van der Waals surface area contributed by atoms with Gasteiger partial charge >= 0.3 is 0 Å². The van der Waals surface area contributed by atoms with E-state index in [2.05, 4.69) is 9.71 Å². The molecule has 0 spiro atoms. The van der Waals surface area contributed by atoms with Crippen molar-refractivity contribution in [1.29, 1.82) is 0 Å². The lowest BCUT2D eigenvalue weighted by Crippen LogP contribution is -2.40. The van der Waals surface area contributed by atoms with Crippen LogP contribution in [0.5, 0.6) is 0 Å². The molecule has 7 N–H and O–H groups in total. The first-order valence-electron chi connectivity index (χ1n) is 12.9. The lowest BCUT2D eigenvalue weighted by atomic mass is 9.84. The second-order valence-corrected chi connectivity index (χ2v) is 14.5. The van der Waals surface area contributed by atoms with Crippen LogP contribution in [0.4, 0.5) is 5.69 Å². The van der Waals surface area contributed by atoms with Gasteiger partial charge in [0.15, 0.2) is 0 Å². The first-order valence-corrected chi connectivity index (χ1v) is 17.5. The molecule has 0 saturated carbocycles. The number of nitrogens with zero attached hydrogens (tertiary/aromatic N) is 2. The molecule has 0 radical (unpaired) electrons. The smallest absolute Gasteiger partial charge is 0.244 e. The number of nitrogens with one attached hydrogen (secondary N) is 1. The van der Waals surface area contributed by atoms with Gasteiger partial charge in [-0.05, 0) is 34.7 Å². The van der Waals surface area contributed by atoms with E-state index >= 15 is 0 Å². The van der Waals surface area contributed by atoms with Crippen LogP contribution in [0.15, 0.2) is 111 Å². The molecule has 4 aromatic carbocycles. The zero-order chi connectivity index (χ0) is 33.0. The van der Waals surface area contributed by atoms with Gasteiger partial charge in [0.1, 0.15) is 14.5 Å². The Bertz CT molecular complexity index is 1850. The summed E-state index contributed by atoms with van der Waals surface area (Å²) in [5.74, 6) is -0.810. The molecular weight excluding hydrogens is 679 g/mol. The molecule has 0 atom stereocenters. The van der Waals surface area contributed by atoms with Crippen molar-refractivity contribution in [2.75, 3.05) is 18.9 Å². The van der Waals surface area contributed by atoms with Crippen molar-refractivity contribution in [3.05, 3.63) is 124 Å². The summed E-state index contributed by atoms with van der Waals surface area (Å²) in [5.41, 5.74) is 8.65. The topological polar surface area (TPSA) is 191 Å². The Balaban J connectivity index is 1.67. The van der Waals surface area contributed by atoms with Crippen LogP contribution in [-0.2, 0) is 29.6 Å². The number of carbonyl (C=O) groups is 1. The zero-order valence-corrected chi connectivity index (χ0v) is 27.6. The quantitative estimate of drug-likeness (QED) is 0.0819. The molecular formula is C29H28Cl2N6O5S3. The number of hydrogen-bond acceptors (Lipinski definition) is 7. The van der Waals surface area contributed by atoms with Gasteiger partial charge in [-0.25, -0.2) is 27.1 Å². The Kier molecular flexibility index (Phi) is 10.5. The average molecular weight is 708 g/mol. The number of guanidine groups is 1. The maximum Gasteiger partial charge on any atom is 0.244 e. The fraction of sp³-hybridized carbons (Fsp3) is 0.103. The van der Waals surface area contributed by atoms with Crippen LogP contribution >= 0.6 is 35.1 Å². The van der Waals surface area contributed by atoms with Crippen molar-refractivity contribution < 1.29 is 21.6 Å². The van der Waals surface area contributed by atoms with Crippen molar-refractivity contribution in [1.82, 2.24) is 4.90 Å². The molecule has 45 heavy (non-hydrogen) atoms. The number of hydrogen-bond donors (Lipinski definition) is 4. The van der Waals surface area contributed by atoms with E-state index in [4.69, 9.17) is 39.2 Å². The third kappa shape index (κ3) is 7.61. The van der Waals surface area contributed by atoms with E-state index in [1.165, 1.54) is 23.9 Å². The summed E-state index contributed by atoms with van der Waals surface area (Å²) < 4.78 is 52.2. The summed E-state index contributed by atoms with van der Waals surface area (Å²) in [4.78, 5) is 12.8. The molecule has 0 fully saturated rings. The summed E-state index contributed by atoms with van der Waals surface area (Å²) in [6, 6.07) is 30.0. The number of carbonyl (C=O) groups excluding carboxylic acids is 1. The molecule has 0 aliphatic rings. The fourth-order valence-electron chi connectivity index (χ4n) is 4.47. The van der Waals surface area contributed by atoms with Crippen LogP contribution in [0.2, 0.25) is 10.0 Å². The number of anilines is 1. The summed E-state index contributed by atoms with van der Waals surface area (Å²) >= 11 is 13.4. The van der Waals surface area contributed by atoms with Gasteiger partial charge in [0.05, 0.1) is 22.3 Å². The molecule has 11 nitrogen and oxygen atoms in total. The number of nitrogens with two attached hydrogens (primary N) is 3. The molecule has 0 saturated heterocycles. The van der Waals surface area contributed by atoms with E-state index in [0.717, 1.165) is 16.7 Å².